The minimum absolute atomic E-state index is 0.130. The molecular formula is C18H12O2. The molecule has 0 heterocycles. The number of carbonyl (C=O) groups is 2. The van der Waals surface area contributed by atoms with E-state index in [1.54, 1.807) is 0 Å². The number of hydrogen-bond donors (Lipinski definition) is 0. The lowest BCUT2D eigenvalue weighted by Crippen LogP contribution is -2.13. The zero-order valence-corrected chi connectivity index (χ0v) is 10.7. The highest BCUT2D eigenvalue weighted by atomic mass is 16.1. The predicted molar refractivity (Wildman–Crippen MR) is 78.9 cm³/mol. The number of rotatable bonds is 2. The lowest BCUT2D eigenvalue weighted by atomic mass is 9.86. The highest BCUT2D eigenvalue weighted by Gasteiger charge is 2.24. The Morgan fingerprint density at radius 3 is 1.20 bits per heavy atom. The molecule has 2 nitrogen and oxygen atoms in total. The monoisotopic (exact) mass is 260 g/mol. The van der Waals surface area contributed by atoms with Crippen molar-refractivity contribution < 1.29 is 9.59 Å². The molecule has 0 aliphatic heterocycles. The first kappa shape index (κ1) is 12.3. The first-order chi connectivity index (χ1) is 9.77. The second-order valence-electron chi connectivity index (χ2n) is 4.54. The Hall–Kier alpha value is -2.74. The summed E-state index contributed by atoms with van der Waals surface area (Å²) in [5.41, 5.74) is 2.50. The van der Waals surface area contributed by atoms with Gasteiger partial charge in [-0.05, 0) is 23.3 Å². The zero-order chi connectivity index (χ0) is 13.9. The Morgan fingerprint density at radius 1 is 0.500 bits per heavy atom. The molecule has 0 saturated carbocycles. The first-order valence-corrected chi connectivity index (χ1v) is 6.39. The van der Waals surface area contributed by atoms with Crippen molar-refractivity contribution in [3.05, 3.63) is 83.9 Å². The van der Waals surface area contributed by atoms with Crippen molar-refractivity contribution in [1.82, 2.24) is 0 Å². The zero-order valence-electron chi connectivity index (χ0n) is 10.7. The van der Waals surface area contributed by atoms with Gasteiger partial charge in [-0.25, -0.2) is 0 Å². The van der Waals surface area contributed by atoms with Gasteiger partial charge in [-0.1, -0.05) is 60.7 Å². The largest absolute Gasteiger partial charge is 0.289 e. The second-order valence-corrected chi connectivity index (χ2v) is 4.54. The fourth-order valence-electron chi connectivity index (χ4n) is 2.35. The van der Waals surface area contributed by atoms with Crippen LogP contribution in [0.2, 0.25) is 0 Å². The number of carbonyl (C=O) groups excluding carboxylic acids is 2. The Labute approximate surface area is 117 Å². The Balaban J connectivity index is 2.27. The molecule has 0 unspecified atom stereocenters. The van der Waals surface area contributed by atoms with E-state index in [-0.39, 0.29) is 11.6 Å². The standard InChI is InChI=1S/C18H12O2/c19-15-11-12-16(20)18(14-9-5-2-6-10-14)17(15)13-7-3-1-4-8-13/h1-12H. The molecule has 1 aliphatic rings. The first-order valence-electron chi connectivity index (χ1n) is 6.39. The van der Waals surface area contributed by atoms with Crippen LogP contribution in [-0.4, -0.2) is 11.6 Å². The summed E-state index contributed by atoms with van der Waals surface area (Å²) in [6, 6.07) is 18.6. The molecule has 2 heteroatoms. The van der Waals surface area contributed by atoms with Crippen LogP contribution in [0.3, 0.4) is 0 Å². The van der Waals surface area contributed by atoms with Crippen LogP contribution < -0.4 is 0 Å². The molecule has 0 spiro atoms. The fourth-order valence-corrected chi connectivity index (χ4v) is 2.35. The van der Waals surface area contributed by atoms with Crippen LogP contribution >= 0.6 is 0 Å². The molecular weight excluding hydrogens is 248 g/mol. The lowest BCUT2D eigenvalue weighted by molar-refractivity contribution is -0.112. The topological polar surface area (TPSA) is 34.1 Å². The summed E-state index contributed by atoms with van der Waals surface area (Å²) in [7, 11) is 0. The molecule has 2 aromatic carbocycles. The van der Waals surface area contributed by atoms with Crippen LogP contribution in [-0.2, 0) is 9.59 Å². The average molecular weight is 260 g/mol. The SMILES string of the molecule is O=C1C=CC(=O)C(c2ccccc2)=C1c1ccccc1. The molecule has 20 heavy (non-hydrogen) atoms. The van der Waals surface area contributed by atoms with E-state index >= 15 is 0 Å². The van der Waals surface area contributed by atoms with Crippen molar-refractivity contribution in [3.63, 3.8) is 0 Å². The van der Waals surface area contributed by atoms with Crippen molar-refractivity contribution in [2.75, 3.05) is 0 Å². The number of benzene rings is 2. The van der Waals surface area contributed by atoms with Crippen molar-refractivity contribution in [3.8, 4) is 0 Å². The molecule has 0 amide bonds. The summed E-state index contributed by atoms with van der Waals surface area (Å²) in [4.78, 5) is 24.5. The molecule has 0 N–H and O–H groups in total. The third-order valence-electron chi connectivity index (χ3n) is 3.25. The van der Waals surface area contributed by atoms with Gasteiger partial charge in [0, 0.05) is 11.1 Å². The maximum absolute atomic E-state index is 12.2. The van der Waals surface area contributed by atoms with E-state index < -0.39 is 0 Å². The van der Waals surface area contributed by atoms with Crippen LogP contribution in [0.15, 0.2) is 72.8 Å². The molecule has 96 valence electrons. The van der Waals surface area contributed by atoms with Gasteiger partial charge in [0.2, 0.25) is 0 Å². The second kappa shape index (κ2) is 5.10. The normalized spacial score (nSPS) is 14.8. The van der Waals surface area contributed by atoms with Gasteiger partial charge in [-0.3, -0.25) is 9.59 Å². The maximum Gasteiger partial charge on any atom is 0.187 e. The smallest absolute Gasteiger partial charge is 0.187 e. The third-order valence-corrected chi connectivity index (χ3v) is 3.25. The molecule has 0 atom stereocenters. The van der Waals surface area contributed by atoms with Gasteiger partial charge < -0.3 is 0 Å². The van der Waals surface area contributed by atoms with Gasteiger partial charge in [-0.15, -0.1) is 0 Å². The van der Waals surface area contributed by atoms with Crippen molar-refractivity contribution in [1.29, 1.82) is 0 Å². The summed E-state index contributed by atoms with van der Waals surface area (Å²) < 4.78 is 0. The highest BCUT2D eigenvalue weighted by Crippen LogP contribution is 2.31. The van der Waals surface area contributed by atoms with Gasteiger partial charge in [-0.2, -0.15) is 0 Å². The molecule has 0 radical (unpaired) electrons. The van der Waals surface area contributed by atoms with E-state index in [1.807, 2.05) is 60.7 Å². The van der Waals surface area contributed by atoms with Gasteiger partial charge in [0.15, 0.2) is 11.6 Å². The summed E-state index contributed by atoms with van der Waals surface area (Å²) >= 11 is 0. The highest BCUT2D eigenvalue weighted by molar-refractivity contribution is 6.48. The summed E-state index contributed by atoms with van der Waals surface area (Å²) in [6.45, 7) is 0. The van der Waals surface area contributed by atoms with E-state index in [0.29, 0.717) is 11.1 Å². The quantitative estimate of drug-likeness (QED) is 0.776. The van der Waals surface area contributed by atoms with Gasteiger partial charge in [0.25, 0.3) is 0 Å². The van der Waals surface area contributed by atoms with E-state index in [9.17, 15) is 9.59 Å². The van der Waals surface area contributed by atoms with E-state index in [2.05, 4.69) is 0 Å². The van der Waals surface area contributed by atoms with Crippen molar-refractivity contribution in [2.24, 2.45) is 0 Å². The summed E-state index contributed by atoms with van der Waals surface area (Å²) in [6.07, 6.45) is 2.69. The summed E-state index contributed by atoms with van der Waals surface area (Å²) in [5.74, 6) is -0.260. The molecule has 1 aliphatic carbocycles. The van der Waals surface area contributed by atoms with E-state index in [4.69, 9.17) is 0 Å². The Morgan fingerprint density at radius 2 is 0.850 bits per heavy atom. The average Bonchev–Trinajstić information content (AvgIpc) is 2.51. The number of hydrogen-bond acceptors (Lipinski definition) is 2. The third kappa shape index (κ3) is 2.12. The fraction of sp³-hybridized carbons (Fsp3) is 0. The van der Waals surface area contributed by atoms with E-state index in [1.165, 1.54) is 12.2 Å². The van der Waals surface area contributed by atoms with Crippen LogP contribution in [0, 0.1) is 0 Å². The number of allylic oxidation sites excluding steroid dienone is 4. The molecule has 2 aromatic rings. The molecule has 3 rings (SSSR count). The lowest BCUT2D eigenvalue weighted by Gasteiger charge is -2.15. The van der Waals surface area contributed by atoms with Crippen molar-refractivity contribution in [2.45, 2.75) is 0 Å². The molecule has 0 bridgehead atoms. The van der Waals surface area contributed by atoms with Gasteiger partial charge in [0.1, 0.15) is 0 Å². The Bertz CT molecular complexity index is 659. The minimum Gasteiger partial charge on any atom is -0.289 e. The predicted octanol–water partition coefficient (Wildman–Crippen LogP) is 3.31. The van der Waals surface area contributed by atoms with Gasteiger partial charge in [0.05, 0.1) is 0 Å². The molecule has 0 aromatic heterocycles. The van der Waals surface area contributed by atoms with Crippen LogP contribution in [0.1, 0.15) is 11.1 Å². The molecule has 0 saturated heterocycles. The summed E-state index contributed by atoms with van der Waals surface area (Å²) in [5, 5.41) is 0. The molecule has 0 fully saturated rings. The number of ketones is 2. The minimum atomic E-state index is -0.130. The van der Waals surface area contributed by atoms with Crippen LogP contribution in [0.25, 0.3) is 11.1 Å². The van der Waals surface area contributed by atoms with Crippen LogP contribution in [0.4, 0.5) is 0 Å². The van der Waals surface area contributed by atoms with Crippen LogP contribution in [0.5, 0.6) is 0 Å². The maximum atomic E-state index is 12.2. The van der Waals surface area contributed by atoms with Gasteiger partial charge >= 0.3 is 0 Å². The van der Waals surface area contributed by atoms with E-state index in [0.717, 1.165) is 11.1 Å². The van der Waals surface area contributed by atoms with Crippen molar-refractivity contribution >= 4 is 22.7 Å². The Kier molecular flexibility index (Phi) is 3.13.